The zero-order valence-corrected chi connectivity index (χ0v) is 16.9. The van der Waals surface area contributed by atoms with Crippen LogP contribution >= 0.6 is 0 Å². The summed E-state index contributed by atoms with van der Waals surface area (Å²) in [5.41, 5.74) is 8.45. The smallest absolute Gasteiger partial charge is 0.306 e. The molecule has 0 amide bonds. The molecule has 0 bridgehead atoms. The van der Waals surface area contributed by atoms with Crippen molar-refractivity contribution in [3.05, 3.63) is 74.2 Å². The number of anilines is 1. The molecule has 9 nitrogen and oxygen atoms in total. The number of allylic oxidation sites excluding steroid dienone is 3. The molecule has 10 heteroatoms. The summed E-state index contributed by atoms with van der Waals surface area (Å²) in [5.74, 6) is -1.71. The third-order valence-electron chi connectivity index (χ3n) is 5.66. The number of hydrogen-bond acceptors (Lipinski definition) is 7. The second-order valence-corrected chi connectivity index (χ2v) is 7.55. The van der Waals surface area contributed by atoms with Crippen LogP contribution in [-0.4, -0.2) is 20.5 Å². The number of halogens is 1. The van der Waals surface area contributed by atoms with Gasteiger partial charge in [0.25, 0.3) is 0 Å². The summed E-state index contributed by atoms with van der Waals surface area (Å²) in [6, 6.07) is 5.52. The van der Waals surface area contributed by atoms with Gasteiger partial charge in [0, 0.05) is 42.6 Å². The second-order valence-electron chi connectivity index (χ2n) is 7.55. The third kappa shape index (κ3) is 3.15. The van der Waals surface area contributed by atoms with Crippen LogP contribution in [0.3, 0.4) is 0 Å². The lowest BCUT2D eigenvalue weighted by Gasteiger charge is -2.39. The van der Waals surface area contributed by atoms with Crippen LogP contribution < -0.4 is 10.6 Å². The van der Waals surface area contributed by atoms with Gasteiger partial charge in [-0.3, -0.25) is 24.5 Å². The van der Waals surface area contributed by atoms with E-state index in [1.165, 1.54) is 11.0 Å². The Morgan fingerprint density at radius 3 is 2.74 bits per heavy atom. The number of Topliss-reactive ketones (excluding diaryl/α,β-unsaturated/α-hetero) is 1. The van der Waals surface area contributed by atoms with Gasteiger partial charge in [-0.25, -0.2) is 0 Å². The van der Waals surface area contributed by atoms with Gasteiger partial charge in [0.05, 0.1) is 33.9 Å². The van der Waals surface area contributed by atoms with E-state index in [4.69, 9.17) is 5.73 Å². The Bertz CT molecular complexity index is 1240. The molecule has 1 unspecified atom stereocenters. The number of nitro groups is 1. The van der Waals surface area contributed by atoms with E-state index >= 15 is 0 Å². The maximum atomic E-state index is 13.9. The number of carbonyl (C=O) groups excluding carboxylic acids is 1. The fourth-order valence-electron chi connectivity index (χ4n) is 4.37. The SMILES string of the molecule is Cc1nn(C)cc1C1C(C#N)=C(N)N(c2ccc(F)c([N+](=O)[O-])c2)C2=C1C(=O)CCC2. The van der Waals surface area contributed by atoms with E-state index < -0.39 is 22.3 Å². The minimum Gasteiger partial charge on any atom is -0.384 e. The first-order chi connectivity index (χ1) is 14.7. The molecule has 1 atom stereocenters. The monoisotopic (exact) mass is 422 g/mol. The van der Waals surface area contributed by atoms with E-state index in [1.807, 2.05) is 0 Å². The lowest BCUT2D eigenvalue weighted by Crippen LogP contribution is -2.38. The van der Waals surface area contributed by atoms with Crippen molar-refractivity contribution in [2.45, 2.75) is 32.1 Å². The van der Waals surface area contributed by atoms with E-state index in [0.29, 0.717) is 41.8 Å². The number of nitro benzene ring substituents is 1. The minimum absolute atomic E-state index is 0.0603. The van der Waals surface area contributed by atoms with Gasteiger partial charge in [-0.2, -0.15) is 14.8 Å². The van der Waals surface area contributed by atoms with Crippen molar-refractivity contribution < 1.29 is 14.1 Å². The number of aryl methyl sites for hydroxylation is 2. The lowest BCUT2D eigenvalue weighted by atomic mass is 9.75. The molecular formula is C21H19FN6O3. The van der Waals surface area contributed by atoms with Crippen LogP contribution in [0.15, 0.2) is 47.1 Å². The largest absolute Gasteiger partial charge is 0.384 e. The van der Waals surface area contributed by atoms with Crippen LogP contribution in [0.4, 0.5) is 15.8 Å². The molecule has 31 heavy (non-hydrogen) atoms. The molecule has 2 aliphatic rings. The van der Waals surface area contributed by atoms with Gasteiger partial charge in [0.1, 0.15) is 5.82 Å². The molecule has 1 aliphatic carbocycles. The van der Waals surface area contributed by atoms with Crippen molar-refractivity contribution in [2.24, 2.45) is 12.8 Å². The molecule has 1 aromatic carbocycles. The van der Waals surface area contributed by atoms with Crippen molar-refractivity contribution in [2.75, 3.05) is 4.90 Å². The Kier molecular flexibility index (Phi) is 4.81. The molecule has 4 rings (SSSR count). The van der Waals surface area contributed by atoms with Crippen LogP contribution in [0, 0.1) is 34.2 Å². The Morgan fingerprint density at radius 2 is 2.13 bits per heavy atom. The van der Waals surface area contributed by atoms with Gasteiger partial charge < -0.3 is 5.73 Å². The average Bonchev–Trinajstić information content (AvgIpc) is 3.05. The first-order valence-electron chi connectivity index (χ1n) is 9.64. The highest BCUT2D eigenvalue weighted by Gasteiger charge is 2.41. The quantitative estimate of drug-likeness (QED) is 0.594. The molecule has 0 fully saturated rings. The molecule has 1 aromatic heterocycles. The fourth-order valence-corrected chi connectivity index (χ4v) is 4.37. The molecule has 0 saturated heterocycles. The Balaban J connectivity index is 1.99. The van der Waals surface area contributed by atoms with Crippen molar-refractivity contribution in [1.29, 1.82) is 5.26 Å². The second kappa shape index (κ2) is 7.36. The highest BCUT2D eigenvalue weighted by Crippen LogP contribution is 2.47. The first-order valence-corrected chi connectivity index (χ1v) is 9.64. The lowest BCUT2D eigenvalue weighted by molar-refractivity contribution is -0.387. The fraction of sp³-hybridized carbons (Fsp3) is 0.286. The van der Waals surface area contributed by atoms with Crippen molar-refractivity contribution in [3.8, 4) is 6.07 Å². The number of benzene rings is 1. The number of hydrogen-bond donors (Lipinski definition) is 1. The van der Waals surface area contributed by atoms with Gasteiger partial charge >= 0.3 is 5.69 Å². The normalized spacial score (nSPS) is 18.8. The van der Waals surface area contributed by atoms with Gasteiger partial charge in [-0.1, -0.05) is 0 Å². The predicted octanol–water partition coefficient (Wildman–Crippen LogP) is 3.08. The minimum atomic E-state index is -0.980. The zero-order chi connectivity index (χ0) is 22.4. The summed E-state index contributed by atoms with van der Waals surface area (Å²) >= 11 is 0. The Hall–Kier alpha value is -4.00. The van der Waals surface area contributed by atoms with Crippen LogP contribution in [0.25, 0.3) is 0 Å². The van der Waals surface area contributed by atoms with Gasteiger partial charge in [0.2, 0.25) is 5.82 Å². The van der Waals surface area contributed by atoms with E-state index in [1.54, 1.807) is 24.9 Å². The average molecular weight is 422 g/mol. The van der Waals surface area contributed by atoms with E-state index in [-0.39, 0.29) is 22.9 Å². The Morgan fingerprint density at radius 1 is 1.39 bits per heavy atom. The first kappa shape index (κ1) is 20.3. The molecule has 2 heterocycles. The van der Waals surface area contributed by atoms with Crippen LogP contribution in [-0.2, 0) is 11.8 Å². The molecule has 0 radical (unpaired) electrons. The molecular weight excluding hydrogens is 403 g/mol. The highest BCUT2D eigenvalue weighted by molar-refractivity contribution is 6.01. The van der Waals surface area contributed by atoms with Gasteiger partial charge in [-0.15, -0.1) is 0 Å². The summed E-state index contributed by atoms with van der Waals surface area (Å²) in [4.78, 5) is 24.9. The summed E-state index contributed by atoms with van der Waals surface area (Å²) in [7, 11) is 1.75. The maximum Gasteiger partial charge on any atom is 0.306 e. The van der Waals surface area contributed by atoms with Crippen molar-refractivity contribution >= 4 is 17.2 Å². The van der Waals surface area contributed by atoms with Crippen molar-refractivity contribution in [1.82, 2.24) is 9.78 Å². The topological polar surface area (TPSA) is 131 Å². The van der Waals surface area contributed by atoms with E-state index in [2.05, 4.69) is 11.2 Å². The summed E-state index contributed by atoms with van der Waals surface area (Å²) < 4.78 is 15.5. The summed E-state index contributed by atoms with van der Waals surface area (Å²) in [6.07, 6.45) is 3.15. The number of nitrogens with zero attached hydrogens (tertiary/aromatic N) is 5. The molecule has 0 spiro atoms. The van der Waals surface area contributed by atoms with E-state index in [0.717, 1.165) is 12.1 Å². The van der Waals surface area contributed by atoms with E-state index in [9.17, 15) is 24.6 Å². The van der Waals surface area contributed by atoms with Gasteiger partial charge in [-0.05, 0) is 31.9 Å². The highest BCUT2D eigenvalue weighted by atomic mass is 19.1. The molecule has 2 aromatic rings. The summed E-state index contributed by atoms with van der Waals surface area (Å²) in [5, 5.41) is 25.6. The van der Waals surface area contributed by atoms with Gasteiger partial charge in [0.15, 0.2) is 5.78 Å². The molecule has 2 N–H and O–H groups in total. The third-order valence-corrected chi connectivity index (χ3v) is 5.66. The van der Waals surface area contributed by atoms with Crippen LogP contribution in [0.2, 0.25) is 0 Å². The van der Waals surface area contributed by atoms with Crippen molar-refractivity contribution in [3.63, 3.8) is 0 Å². The number of nitriles is 1. The molecule has 158 valence electrons. The number of rotatable bonds is 3. The number of aromatic nitrogens is 2. The number of nitrogens with two attached hydrogens (primary N) is 1. The standard InChI is InChI=1S/C21H19FN6O3/c1-11-14(10-26(2)25-11)19-13(9-23)21(24)27(16-4-3-5-18(29)20(16)19)12-6-7-15(22)17(8-12)28(30)31/h6-8,10,19H,3-5,24H2,1-2H3. The summed E-state index contributed by atoms with van der Waals surface area (Å²) in [6.45, 7) is 1.80. The molecule has 1 aliphatic heterocycles. The molecule has 0 saturated carbocycles. The number of ketones is 1. The number of carbonyl (C=O) groups is 1. The maximum absolute atomic E-state index is 13.9. The predicted molar refractivity (Wildman–Crippen MR) is 109 cm³/mol. The van der Waals surface area contributed by atoms with Crippen LogP contribution in [0.5, 0.6) is 0 Å². The zero-order valence-electron chi connectivity index (χ0n) is 16.9. The van der Waals surface area contributed by atoms with Crippen LogP contribution in [0.1, 0.15) is 36.4 Å². The Labute approximate surface area is 177 Å².